The minimum atomic E-state index is -1.33. The fraction of sp³-hybridized carbons (Fsp3) is 0.100. The number of aryl methyl sites for hydroxylation is 1. The number of hydrogen-bond donors (Lipinski definition) is 2. The molecule has 1 aromatic heterocycles. The number of amides is 1. The van der Waals surface area contributed by atoms with Gasteiger partial charge in [-0.15, -0.1) is 0 Å². The molecule has 8 heteroatoms. The first-order valence-corrected chi connectivity index (χ1v) is 8.37. The van der Waals surface area contributed by atoms with Crippen molar-refractivity contribution in [2.24, 2.45) is 5.10 Å². The number of rotatable bonds is 6. The van der Waals surface area contributed by atoms with E-state index in [4.69, 9.17) is 4.42 Å². The van der Waals surface area contributed by atoms with Crippen LogP contribution in [-0.2, 0) is 4.79 Å². The zero-order valence-corrected chi connectivity index (χ0v) is 14.9. The molecule has 0 bridgehead atoms. The van der Waals surface area contributed by atoms with Crippen LogP contribution in [0.3, 0.4) is 0 Å². The predicted molar refractivity (Wildman–Crippen MR) is 103 cm³/mol. The summed E-state index contributed by atoms with van der Waals surface area (Å²) in [5.74, 6) is 0.229. The quantitative estimate of drug-likeness (QED) is 0.387. The lowest BCUT2D eigenvalue weighted by molar-refractivity contribution is -0.384. The highest BCUT2D eigenvalue weighted by Crippen LogP contribution is 2.28. The number of nitrogens with zero attached hydrogens (tertiary/aromatic N) is 2. The van der Waals surface area contributed by atoms with Crippen LogP contribution in [0.5, 0.6) is 0 Å². The standard InChI is InChI=1S/C20H17N3O5/c1-13-11-15(23(26)27)7-9-17(13)18-10-8-16(28-18)12-21-22-20(25)19(24)14-5-3-2-4-6-14/h2-12,19,24H,1H3,(H,22,25)/b21-12-/t19-/m0/s1. The van der Waals surface area contributed by atoms with E-state index in [1.54, 1.807) is 55.5 Å². The number of furan rings is 1. The van der Waals surface area contributed by atoms with Crippen molar-refractivity contribution in [2.75, 3.05) is 0 Å². The molecule has 0 fully saturated rings. The highest BCUT2D eigenvalue weighted by Gasteiger charge is 2.16. The summed E-state index contributed by atoms with van der Waals surface area (Å²) in [4.78, 5) is 22.3. The molecule has 3 aromatic rings. The summed E-state index contributed by atoms with van der Waals surface area (Å²) in [5.41, 5.74) is 4.14. The largest absolute Gasteiger partial charge is 0.455 e. The summed E-state index contributed by atoms with van der Waals surface area (Å²) in [5, 5.41) is 24.6. The minimum absolute atomic E-state index is 0.00859. The number of carbonyl (C=O) groups is 1. The summed E-state index contributed by atoms with van der Waals surface area (Å²) in [7, 11) is 0. The van der Waals surface area contributed by atoms with E-state index in [2.05, 4.69) is 10.5 Å². The van der Waals surface area contributed by atoms with Crippen molar-refractivity contribution in [3.05, 3.63) is 87.7 Å². The molecule has 0 aliphatic heterocycles. The van der Waals surface area contributed by atoms with Crippen LogP contribution in [0, 0.1) is 17.0 Å². The number of hydrazone groups is 1. The molecule has 3 rings (SSSR count). The first kappa shape index (κ1) is 19.0. The molecule has 8 nitrogen and oxygen atoms in total. The maximum Gasteiger partial charge on any atom is 0.273 e. The lowest BCUT2D eigenvalue weighted by Gasteiger charge is -2.08. The first-order valence-electron chi connectivity index (χ1n) is 8.37. The van der Waals surface area contributed by atoms with E-state index in [0.717, 1.165) is 0 Å². The van der Waals surface area contributed by atoms with Crippen LogP contribution in [0.2, 0.25) is 0 Å². The maximum absolute atomic E-state index is 11.9. The van der Waals surface area contributed by atoms with Gasteiger partial charge >= 0.3 is 0 Å². The third-order valence-corrected chi connectivity index (χ3v) is 4.04. The van der Waals surface area contributed by atoms with Gasteiger partial charge in [-0.05, 0) is 36.2 Å². The Balaban J connectivity index is 1.66. The lowest BCUT2D eigenvalue weighted by atomic mass is 10.1. The van der Waals surface area contributed by atoms with Gasteiger partial charge in [0.2, 0.25) is 0 Å². The maximum atomic E-state index is 11.9. The molecule has 0 saturated heterocycles. The van der Waals surface area contributed by atoms with Gasteiger partial charge in [0.15, 0.2) is 6.10 Å². The molecule has 1 atom stereocenters. The third-order valence-electron chi connectivity index (χ3n) is 4.04. The normalized spacial score (nSPS) is 12.1. The van der Waals surface area contributed by atoms with Gasteiger partial charge < -0.3 is 9.52 Å². The molecule has 0 aliphatic rings. The molecule has 2 N–H and O–H groups in total. The number of nitrogens with one attached hydrogen (secondary N) is 1. The second-order valence-electron chi connectivity index (χ2n) is 6.01. The summed E-state index contributed by atoms with van der Waals surface area (Å²) in [6.45, 7) is 1.75. The van der Waals surface area contributed by atoms with Gasteiger partial charge in [0.05, 0.1) is 11.1 Å². The highest BCUT2D eigenvalue weighted by atomic mass is 16.6. The zero-order valence-electron chi connectivity index (χ0n) is 14.9. The lowest BCUT2D eigenvalue weighted by Crippen LogP contribution is -2.25. The third kappa shape index (κ3) is 4.30. The number of benzene rings is 2. The monoisotopic (exact) mass is 379 g/mol. The molecule has 0 unspecified atom stereocenters. The second-order valence-corrected chi connectivity index (χ2v) is 6.01. The Bertz CT molecular complexity index is 1030. The zero-order chi connectivity index (χ0) is 20.1. The molecule has 142 valence electrons. The van der Waals surface area contributed by atoms with Crippen molar-refractivity contribution in [3.63, 3.8) is 0 Å². The summed E-state index contributed by atoms with van der Waals surface area (Å²) >= 11 is 0. The fourth-order valence-corrected chi connectivity index (χ4v) is 2.61. The Kier molecular flexibility index (Phi) is 5.61. The average Bonchev–Trinajstić information content (AvgIpc) is 3.16. The number of non-ortho nitro benzene ring substituents is 1. The van der Waals surface area contributed by atoms with Crippen molar-refractivity contribution < 1.29 is 19.2 Å². The van der Waals surface area contributed by atoms with Gasteiger partial charge in [0.25, 0.3) is 11.6 Å². The van der Waals surface area contributed by atoms with E-state index in [0.29, 0.717) is 28.2 Å². The molecule has 0 spiro atoms. The summed E-state index contributed by atoms with van der Waals surface area (Å²) < 4.78 is 5.64. The van der Waals surface area contributed by atoms with Gasteiger partial charge in [0, 0.05) is 17.7 Å². The van der Waals surface area contributed by atoms with E-state index < -0.39 is 16.9 Å². The minimum Gasteiger partial charge on any atom is -0.455 e. The van der Waals surface area contributed by atoms with Crippen LogP contribution in [-0.4, -0.2) is 22.2 Å². The fourth-order valence-electron chi connectivity index (χ4n) is 2.61. The van der Waals surface area contributed by atoms with Crippen LogP contribution in [0.15, 0.2) is 70.2 Å². The molecule has 0 aliphatic carbocycles. The second kappa shape index (κ2) is 8.28. The van der Waals surface area contributed by atoms with E-state index in [1.165, 1.54) is 18.3 Å². The Morgan fingerprint density at radius 2 is 1.96 bits per heavy atom. The number of nitro benzene ring substituents is 1. The molecule has 0 saturated carbocycles. The summed E-state index contributed by atoms with van der Waals surface area (Å²) in [6, 6.07) is 16.4. The molecule has 28 heavy (non-hydrogen) atoms. The molecule has 0 radical (unpaired) electrons. The van der Waals surface area contributed by atoms with Crippen molar-refractivity contribution in [1.82, 2.24) is 5.43 Å². The molecular weight excluding hydrogens is 362 g/mol. The Morgan fingerprint density at radius 1 is 1.21 bits per heavy atom. The van der Waals surface area contributed by atoms with Crippen LogP contribution >= 0.6 is 0 Å². The predicted octanol–water partition coefficient (Wildman–Crippen LogP) is 3.35. The van der Waals surface area contributed by atoms with Gasteiger partial charge in [-0.3, -0.25) is 14.9 Å². The molecule has 2 aromatic carbocycles. The number of carbonyl (C=O) groups excluding carboxylic acids is 1. The molecule has 1 heterocycles. The van der Waals surface area contributed by atoms with Crippen molar-refractivity contribution in [3.8, 4) is 11.3 Å². The summed E-state index contributed by atoms with van der Waals surface area (Å²) in [6.07, 6.45) is -0.0203. The van der Waals surface area contributed by atoms with Crippen LogP contribution in [0.25, 0.3) is 11.3 Å². The topological polar surface area (TPSA) is 118 Å². The van der Waals surface area contributed by atoms with Crippen LogP contribution < -0.4 is 5.43 Å². The van der Waals surface area contributed by atoms with E-state index in [-0.39, 0.29) is 5.69 Å². The van der Waals surface area contributed by atoms with E-state index >= 15 is 0 Å². The Labute approximate surface area is 160 Å². The Morgan fingerprint density at radius 3 is 2.64 bits per heavy atom. The van der Waals surface area contributed by atoms with Crippen molar-refractivity contribution in [1.29, 1.82) is 0 Å². The number of nitro groups is 1. The molecular formula is C20H17N3O5. The van der Waals surface area contributed by atoms with Crippen molar-refractivity contribution >= 4 is 17.8 Å². The Hall–Kier alpha value is -3.78. The van der Waals surface area contributed by atoms with E-state index in [9.17, 15) is 20.0 Å². The van der Waals surface area contributed by atoms with Gasteiger partial charge in [-0.2, -0.15) is 5.10 Å². The highest BCUT2D eigenvalue weighted by molar-refractivity contribution is 5.84. The van der Waals surface area contributed by atoms with E-state index in [1.807, 2.05) is 0 Å². The van der Waals surface area contributed by atoms with Crippen LogP contribution in [0.1, 0.15) is 23.0 Å². The number of aliphatic hydroxyl groups excluding tert-OH is 1. The van der Waals surface area contributed by atoms with Crippen LogP contribution in [0.4, 0.5) is 5.69 Å². The molecule has 1 amide bonds. The smallest absolute Gasteiger partial charge is 0.273 e. The van der Waals surface area contributed by atoms with Gasteiger partial charge in [0.1, 0.15) is 11.5 Å². The van der Waals surface area contributed by atoms with Gasteiger partial charge in [-0.25, -0.2) is 5.43 Å². The number of aliphatic hydroxyl groups is 1. The SMILES string of the molecule is Cc1cc([N+](=O)[O-])ccc1-c1ccc(/C=N\NC(=O)[C@@H](O)c2ccccc2)o1. The number of hydrogen-bond acceptors (Lipinski definition) is 6. The van der Waals surface area contributed by atoms with Gasteiger partial charge in [-0.1, -0.05) is 30.3 Å². The van der Waals surface area contributed by atoms with Crippen molar-refractivity contribution in [2.45, 2.75) is 13.0 Å². The average molecular weight is 379 g/mol. The first-order chi connectivity index (χ1) is 13.5.